The van der Waals surface area contributed by atoms with Crippen molar-refractivity contribution in [2.24, 2.45) is 0 Å². The molecule has 7 nitrogen and oxygen atoms in total. The fourth-order valence-corrected chi connectivity index (χ4v) is 3.27. The maximum absolute atomic E-state index is 11.9. The van der Waals surface area contributed by atoms with Crippen LogP contribution in [0.4, 0.5) is 0 Å². The quantitative estimate of drug-likeness (QED) is 0.780. The standard InChI is InChI=1S/C16H12N4O3S/c21-15-7-16(24(22)19-15)20-14-4-3-13(6-12(14)9-18-20)23-10-11-2-1-5-17-8-11/h1-9H,10H2,(H,19,21). The highest BCUT2D eigenvalue weighted by Crippen LogP contribution is 2.25. The molecular weight excluding hydrogens is 328 g/mol. The van der Waals surface area contributed by atoms with Gasteiger partial charge in [-0.05, 0) is 24.3 Å². The summed E-state index contributed by atoms with van der Waals surface area (Å²) >= 11 is 0. The zero-order valence-corrected chi connectivity index (χ0v) is 13.2. The normalized spacial score (nSPS) is 16.9. The summed E-state index contributed by atoms with van der Waals surface area (Å²) in [6, 6.07) is 9.28. The first-order valence-electron chi connectivity index (χ1n) is 7.15. The molecule has 24 heavy (non-hydrogen) atoms. The van der Waals surface area contributed by atoms with Crippen LogP contribution in [0.5, 0.6) is 5.75 Å². The molecule has 8 heteroatoms. The Morgan fingerprint density at radius 3 is 2.92 bits per heavy atom. The molecule has 4 rings (SSSR count). The number of hydrogen-bond donors (Lipinski definition) is 1. The van der Waals surface area contributed by atoms with Gasteiger partial charge in [0.25, 0.3) is 5.91 Å². The maximum atomic E-state index is 11.9. The summed E-state index contributed by atoms with van der Waals surface area (Å²) in [4.78, 5) is 15.4. The lowest BCUT2D eigenvalue weighted by molar-refractivity contribution is -0.114. The first-order valence-corrected chi connectivity index (χ1v) is 8.30. The molecule has 1 N–H and O–H groups in total. The van der Waals surface area contributed by atoms with Crippen LogP contribution in [0.25, 0.3) is 15.9 Å². The maximum Gasteiger partial charge on any atom is 0.258 e. The van der Waals surface area contributed by atoms with Crippen LogP contribution in [-0.2, 0) is 22.4 Å². The summed E-state index contributed by atoms with van der Waals surface area (Å²) in [6.07, 6.45) is 6.40. The summed E-state index contributed by atoms with van der Waals surface area (Å²) in [5, 5.41) is 5.37. The van der Waals surface area contributed by atoms with E-state index in [0.29, 0.717) is 17.4 Å². The van der Waals surface area contributed by atoms with Crippen molar-refractivity contribution in [1.82, 2.24) is 19.5 Å². The summed E-state index contributed by atoms with van der Waals surface area (Å²) in [6.45, 7) is 0.418. The molecule has 0 spiro atoms. The van der Waals surface area contributed by atoms with Gasteiger partial charge in [0.05, 0.1) is 11.7 Å². The SMILES string of the molecule is O=C1C=C(n2ncc3cc(OCc4cccnc4)ccc32)S(=O)N1. The molecule has 1 amide bonds. The van der Waals surface area contributed by atoms with Crippen molar-refractivity contribution in [2.75, 3.05) is 0 Å². The highest BCUT2D eigenvalue weighted by atomic mass is 32.2. The molecule has 0 saturated carbocycles. The van der Waals surface area contributed by atoms with E-state index < -0.39 is 11.0 Å². The summed E-state index contributed by atoms with van der Waals surface area (Å²) in [7, 11) is -1.59. The van der Waals surface area contributed by atoms with E-state index in [1.54, 1.807) is 18.6 Å². The third-order valence-corrected chi connectivity index (χ3v) is 4.57. The Bertz CT molecular complexity index is 981. The molecule has 120 valence electrons. The van der Waals surface area contributed by atoms with Crippen LogP contribution < -0.4 is 9.46 Å². The van der Waals surface area contributed by atoms with E-state index in [2.05, 4.69) is 14.8 Å². The zero-order valence-electron chi connectivity index (χ0n) is 12.4. The smallest absolute Gasteiger partial charge is 0.258 e. The Morgan fingerprint density at radius 2 is 2.17 bits per heavy atom. The third-order valence-electron chi connectivity index (χ3n) is 3.51. The number of hydrogen-bond acceptors (Lipinski definition) is 5. The Kier molecular flexibility index (Phi) is 3.58. The van der Waals surface area contributed by atoms with E-state index in [0.717, 1.165) is 16.5 Å². The Hall–Kier alpha value is -3.00. The van der Waals surface area contributed by atoms with Crippen LogP contribution in [0.15, 0.2) is 55.0 Å². The van der Waals surface area contributed by atoms with Crippen molar-refractivity contribution in [1.29, 1.82) is 0 Å². The van der Waals surface area contributed by atoms with Gasteiger partial charge in [-0.2, -0.15) is 5.10 Å². The number of ether oxygens (including phenoxy) is 1. The second kappa shape index (κ2) is 5.89. The molecule has 0 fully saturated rings. The minimum atomic E-state index is -1.59. The molecule has 1 aliphatic rings. The lowest BCUT2D eigenvalue weighted by atomic mass is 10.2. The number of nitrogens with one attached hydrogen (secondary N) is 1. The monoisotopic (exact) mass is 340 g/mol. The van der Waals surface area contributed by atoms with Gasteiger partial charge in [-0.25, -0.2) is 8.89 Å². The Labute approximate surface area is 139 Å². The van der Waals surface area contributed by atoms with Crippen molar-refractivity contribution in [3.8, 4) is 5.75 Å². The summed E-state index contributed by atoms with van der Waals surface area (Å²) in [5.74, 6) is 0.310. The van der Waals surface area contributed by atoms with E-state index in [4.69, 9.17) is 4.74 Å². The van der Waals surface area contributed by atoms with Crippen LogP contribution in [0.3, 0.4) is 0 Å². The van der Waals surface area contributed by atoms with Crippen molar-refractivity contribution in [3.63, 3.8) is 0 Å². The molecule has 0 aliphatic carbocycles. The van der Waals surface area contributed by atoms with E-state index in [1.165, 1.54) is 10.8 Å². The largest absolute Gasteiger partial charge is 0.489 e. The van der Waals surface area contributed by atoms with E-state index in [9.17, 15) is 9.00 Å². The molecule has 1 aromatic carbocycles. The molecule has 1 unspecified atom stereocenters. The Morgan fingerprint density at radius 1 is 1.25 bits per heavy atom. The molecule has 0 saturated heterocycles. The van der Waals surface area contributed by atoms with E-state index in [1.807, 2.05) is 30.3 Å². The van der Waals surface area contributed by atoms with Gasteiger partial charge >= 0.3 is 0 Å². The molecular formula is C16H12N4O3S. The highest BCUT2D eigenvalue weighted by Gasteiger charge is 2.23. The average molecular weight is 340 g/mol. The number of carbonyl (C=O) groups excluding carboxylic acids is 1. The number of pyridine rings is 1. The van der Waals surface area contributed by atoms with Gasteiger partial charge in [0.1, 0.15) is 12.4 Å². The van der Waals surface area contributed by atoms with Gasteiger partial charge in [0.2, 0.25) is 0 Å². The number of nitrogens with zero attached hydrogens (tertiary/aromatic N) is 3. The molecule has 3 heterocycles. The minimum Gasteiger partial charge on any atom is -0.489 e. The molecule has 3 aromatic rings. The van der Waals surface area contributed by atoms with Gasteiger partial charge < -0.3 is 4.74 Å². The number of aromatic nitrogens is 3. The van der Waals surface area contributed by atoms with Gasteiger partial charge in [-0.15, -0.1) is 0 Å². The van der Waals surface area contributed by atoms with Crippen LogP contribution in [0.1, 0.15) is 5.56 Å². The van der Waals surface area contributed by atoms with Gasteiger partial charge in [0.15, 0.2) is 16.0 Å². The lowest BCUT2D eigenvalue weighted by Crippen LogP contribution is -2.17. The fourth-order valence-electron chi connectivity index (χ4n) is 2.41. The van der Waals surface area contributed by atoms with Gasteiger partial charge in [0, 0.05) is 29.4 Å². The van der Waals surface area contributed by atoms with Crippen molar-refractivity contribution in [3.05, 3.63) is 60.6 Å². The fraction of sp³-hybridized carbons (Fsp3) is 0.0625. The van der Waals surface area contributed by atoms with Gasteiger partial charge in [-0.1, -0.05) is 6.07 Å². The van der Waals surface area contributed by atoms with Crippen LogP contribution >= 0.6 is 0 Å². The number of rotatable bonds is 4. The van der Waals surface area contributed by atoms with Crippen molar-refractivity contribution < 1.29 is 13.7 Å². The minimum absolute atomic E-state index is 0.319. The number of benzene rings is 1. The van der Waals surface area contributed by atoms with Gasteiger partial charge in [-0.3, -0.25) is 14.5 Å². The highest BCUT2D eigenvalue weighted by molar-refractivity contribution is 7.93. The zero-order chi connectivity index (χ0) is 16.5. The lowest BCUT2D eigenvalue weighted by Gasteiger charge is -2.07. The Balaban J connectivity index is 1.60. The number of fused-ring (bicyclic) bond motifs is 1. The first kappa shape index (κ1) is 14.6. The van der Waals surface area contributed by atoms with Crippen LogP contribution in [0.2, 0.25) is 0 Å². The predicted molar refractivity (Wildman–Crippen MR) is 88.9 cm³/mol. The number of amides is 1. The molecule has 0 bridgehead atoms. The molecule has 1 atom stereocenters. The summed E-state index contributed by atoms with van der Waals surface area (Å²) < 4.78 is 21.4. The predicted octanol–water partition coefficient (Wildman–Crippen LogP) is 1.60. The van der Waals surface area contributed by atoms with E-state index >= 15 is 0 Å². The van der Waals surface area contributed by atoms with Crippen molar-refractivity contribution in [2.45, 2.75) is 6.61 Å². The van der Waals surface area contributed by atoms with Crippen LogP contribution in [-0.4, -0.2) is 24.9 Å². The second-order valence-corrected chi connectivity index (χ2v) is 6.30. The molecule has 1 aliphatic heterocycles. The third kappa shape index (κ3) is 2.67. The van der Waals surface area contributed by atoms with E-state index in [-0.39, 0.29) is 5.91 Å². The number of carbonyl (C=O) groups is 1. The molecule has 0 radical (unpaired) electrons. The second-order valence-electron chi connectivity index (χ2n) is 5.14. The molecule has 2 aromatic heterocycles. The van der Waals surface area contributed by atoms with Crippen molar-refractivity contribution >= 4 is 32.8 Å². The van der Waals surface area contributed by atoms with Crippen LogP contribution in [0, 0.1) is 0 Å². The first-order chi connectivity index (χ1) is 11.7. The topological polar surface area (TPSA) is 86.1 Å². The average Bonchev–Trinajstić information content (AvgIpc) is 3.15. The summed E-state index contributed by atoms with van der Waals surface area (Å²) in [5.41, 5.74) is 1.73.